The predicted molar refractivity (Wildman–Crippen MR) is 20.3 cm³/mol. The van der Waals surface area contributed by atoms with Crippen LogP contribution in [0, 0.1) is 5.92 Å². The molecule has 0 radical (unpaired) electrons. The van der Waals surface area contributed by atoms with E-state index >= 15 is 0 Å². The zero-order chi connectivity index (χ0) is 3.58. The van der Waals surface area contributed by atoms with Gasteiger partial charge in [-0.1, -0.05) is 0 Å². The van der Waals surface area contributed by atoms with E-state index in [9.17, 15) is 0 Å². The Morgan fingerprint density at radius 1 is 1.00 bits per heavy atom. The van der Waals surface area contributed by atoms with Crippen molar-refractivity contribution in [2.45, 2.75) is 20.8 Å². The van der Waals surface area contributed by atoms with Crippen molar-refractivity contribution >= 4 is 0 Å². The quantitative estimate of drug-likeness (QED) is 0.223. The predicted octanol–water partition coefficient (Wildman–Crippen LogP) is -4.37. The van der Waals surface area contributed by atoms with Crippen LogP contribution in [0.4, 0.5) is 0 Å². The van der Waals surface area contributed by atoms with Crippen LogP contribution in [-0.4, -0.2) is 0 Å². The summed E-state index contributed by atoms with van der Waals surface area (Å²) in [6, 6.07) is 0. The largest absolute Gasteiger partial charge is 1.00 e. The van der Waals surface area contributed by atoms with Crippen LogP contribution < -0.4 is 80.9 Å². The second-order valence-corrected chi connectivity index (χ2v) is 1.50. The van der Waals surface area contributed by atoms with Crippen LogP contribution in [0.25, 0.3) is 0 Å². The molecule has 0 aromatic carbocycles. The van der Waals surface area contributed by atoms with E-state index in [4.69, 9.17) is 0 Å². The standard InChI is InChI=1S/C4H9.K.Na/c1-4(2)3;;/h1-3H3;;/q-1;2*+1. The van der Waals surface area contributed by atoms with Crippen molar-refractivity contribution in [2.24, 2.45) is 0 Å². The Kier molecular flexibility index (Phi) is 28.0. The molecule has 0 aromatic rings. The zero-order valence-corrected chi connectivity index (χ0v) is 10.6. The maximum absolute atomic E-state index is 2.08. The molecule has 0 amide bonds. The summed E-state index contributed by atoms with van der Waals surface area (Å²) in [5.41, 5.74) is 0. The van der Waals surface area contributed by atoms with Crippen molar-refractivity contribution in [1.29, 1.82) is 0 Å². The van der Waals surface area contributed by atoms with Crippen LogP contribution in [0.3, 0.4) is 0 Å². The fourth-order valence-electron chi connectivity index (χ4n) is 0. The second-order valence-electron chi connectivity index (χ2n) is 1.50. The maximum Gasteiger partial charge on any atom is 1.00 e. The summed E-state index contributed by atoms with van der Waals surface area (Å²) in [4.78, 5) is 0. The molecule has 0 nitrogen and oxygen atoms in total. The summed E-state index contributed by atoms with van der Waals surface area (Å²) in [5.74, 6) is 1.42. The molecule has 6 heavy (non-hydrogen) atoms. The minimum atomic E-state index is 0. The van der Waals surface area contributed by atoms with Crippen LogP contribution in [0.2, 0.25) is 0 Å². The molecule has 2 heteroatoms. The van der Waals surface area contributed by atoms with Gasteiger partial charge in [0.1, 0.15) is 0 Å². The monoisotopic (exact) mass is 119 g/mol. The smallest absolute Gasteiger partial charge is 0.323 e. The van der Waals surface area contributed by atoms with E-state index < -0.39 is 0 Å². The molecule has 0 spiro atoms. The summed E-state index contributed by atoms with van der Waals surface area (Å²) in [6.45, 7) is 6.25. The van der Waals surface area contributed by atoms with Gasteiger partial charge in [-0.25, -0.2) is 0 Å². The van der Waals surface area contributed by atoms with Crippen molar-refractivity contribution in [3.05, 3.63) is 5.92 Å². The summed E-state index contributed by atoms with van der Waals surface area (Å²) >= 11 is 0. The molecule has 0 rings (SSSR count). The van der Waals surface area contributed by atoms with Crippen LogP contribution in [0.1, 0.15) is 20.8 Å². The van der Waals surface area contributed by atoms with Gasteiger partial charge in [-0.3, -0.25) is 0 Å². The van der Waals surface area contributed by atoms with Gasteiger partial charge in [0.25, 0.3) is 0 Å². The van der Waals surface area contributed by atoms with Gasteiger partial charge in [0.05, 0.1) is 0 Å². The van der Waals surface area contributed by atoms with Crippen molar-refractivity contribution < 1.29 is 80.9 Å². The SMILES string of the molecule is C[C-](C)C.[K+].[Na+]. The fraction of sp³-hybridized carbons (Fsp3) is 0.750. The molecule has 0 unspecified atom stereocenters. The van der Waals surface area contributed by atoms with Gasteiger partial charge >= 0.3 is 80.9 Å². The summed E-state index contributed by atoms with van der Waals surface area (Å²) in [5, 5.41) is 0. The third kappa shape index (κ3) is 30.3. The Morgan fingerprint density at radius 3 is 1.00 bits per heavy atom. The van der Waals surface area contributed by atoms with Crippen LogP contribution >= 0.6 is 0 Å². The first-order chi connectivity index (χ1) is 1.73. The van der Waals surface area contributed by atoms with E-state index in [1.54, 1.807) is 0 Å². The van der Waals surface area contributed by atoms with Crippen molar-refractivity contribution in [2.75, 3.05) is 0 Å². The number of rotatable bonds is 0. The molecular formula is C4H9KNa+. The van der Waals surface area contributed by atoms with Crippen LogP contribution in [0.15, 0.2) is 0 Å². The first-order valence-electron chi connectivity index (χ1n) is 1.50. The van der Waals surface area contributed by atoms with Crippen LogP contribution in [-0.2, 0) is 0 Å². The summed E-state index contributed by atoms with van der Waals surface area (Å²) < 4.78 is 0. The molecule has 0 atom stereocenters. The van der Waals surface area contributed by atoms with E-state index in [0.29, 0.717) is 0 Å². The fourth-order valence-corrected chi connectivity index (χ4v) is 0. The minimum Gasteiger partial charge on any atom is -0.323 e. The Hall–Kier alpha value is 2.64. The van der Waals surface area contributed by atoms with Crippen molar-refractivity contribution in [3.8, 4) is 0 Å². The molecular weight excluding hydrogens is 110 g/mol. The molecule has 0 fully saturated rings. The third-order valence-electron chi connectivity index (χ3n) is 0. The van der Waals surface area contributed by atoms with Crippen molar-refractivity contribution in [1.82, 2.24) is 0 Å². The Morgan fingerprint density at radius 2 is 1.00 bits per heavy atom. The number of hydrogen-bond acceptors (Lipinski definition) is 0. The molecule has 0 aliphatic carbocycles. The van der Waals surface area contributed by atoms with Gasteiger partial charge in [-0.15, -0.1) is 0 Å². The van der Waals surface area contributed by atoms with Crippen molar-refractivity contribution in [3.63, 3.8) is 0 Å². The summed E-state index contributed by atoms with van der Waals surface area (Å²) in [6.07, 6.45) is 0. The van der Waals surface area contributed by atoms with Gasteiger partial charge in [0.2, 0.25) is 0 Å². The van der Waals surface area contributed by atoms with Gasteiger partial charge in [0, 0.05) is 0 Å². The van der Waals surface area contributed by atoms with Gasteiger partial charge in [-0.05, 0) is 0 Å². The third-order valence-corrected chi connectivity index (χ3v) is 0. The molecule has 0 saturated heterocycles. The Labute approximate surface area is 105 Å². The molecule has 0 saturated carbocycles. The Balaban J connectivity index is -0.0000000450. The average Bonchev–Trinajstić information content (AvgIpc) is 0.811. The molecule has 0 N–H and O–H groups in total. The van der Waals surface area contributed by atoms with E-state index in [-0.39, 0.29) is 80.9 Å². The zero-order valence-electron chi connectivity index (χ0n) is 5.50. The van der Waals surface area contributed by atoms with Gasteiger partial charge < -0.3 is 5.92 Å². The number of hydrogen-bond donors (Lipinski definition) is 0. The molecule has 0 aliphatic heterocycles. The van der Waals surface area contributed by atoms with E-state index in [0.717, 1.165) is 0 Å². The normalized spacial score (nSPS) is 6.00. The van der Waals surface area contributed by atoms with Gasteiger partial charge in [0.15, 0.2) is 0 Å². The molecule has 0 aromatic heterocycles. The average molecular weight is 119 g/mol. The topological polar surface area (TPSA) is 0 Å². The minimum absolute atomic E-state index is 0. The van der Waals surface area contributed by atoms with Gasteiger partial charge in [-0.2, -0.15) is 20.8 Å². The van der Waals surface area contributed by atoms with E-state index in [1.807, 2.05) is 0 Å². The first-order valence-corrected chi connectivity index (χ1v) is 1.50. The molecule has 26 valence electrons. The van der Waals surface area contributed by atoms with Crippen LogP contribution in [0.5, 0.6) is 0 Å². The Bertz CT molecular complexity index is 12.3. The second kappa shape index (κ2) is 10.6. The summed E-state index contributed by atoms with van der Waals surface area (Å²) in [7, 11) is 0. The molecule has 0 heterocycles. The molecule has 0 bridgehead atoms. The van der Waals surface area contributed by atoms with E-state index in [1.165, 1.54) is 5.92 Å². The maximum atomic E-state index is 2.08. The van der Waals surface area contributed by atoms with E-state index in [2.05, 4.69) is 20.8 Å². The molecule has 0 aliphatic rings. The first kappa shape index (κ1) is 15.9.